The summed E-state index contributed by atoms with van der Waals surface area (Å²) in [4.78, 5) is 26.8. The molecule has 6 nitrogen and oxygen atoms in total. The lowest BCUT2D eigenvalue weighted by Crippen LogP contribution is -2.47. The van der Waals surface area contributed by atoms with E-state index in [1.807, 2.05) is 4.90 Å². The molecule has 26 heavy (non-hydrogen) atoms. The summed E-state index contributed by atoms with van der Waals surface area (Å²) in [6.07, 6.45) is 2.77. The molecule has 2 heterocycles. The average molecular weight is 363 g/mol. The molecule has 0 radical (unpaired) electrons. The maximum atomic E-state index is 12.9. The molecule has 3 rings (SSSR count). The van der Waals surface area contributed by atoms with Crippen LogP contribution in [0.15, 0.2) is 24.3 Å². The molecule has 2 fully saturated rings. The summed E-state index contributed by atoms with van der Waals surface area (Å²) < 4.78 is 18.1. The van der Waals surface area contributed by atoms with Crippen LogP contribution in [0.2, 0.25) is 0 Å². The van der Waals surface area contributed by atoms with Crippen LogP contribution in [0.4, 0.5) is 4.39 Å². The molecule has 0 spiro atoms. The minimum Gasteiger partial charge on any atom is -0.383 e. The van der Waals surface area contributed by atoms with Crippen LogP contribution in [0.3, 0.4) is 0 Å². The van der Waals surface area contributed by atoms with Crippen LogP contribution >= 0.6 is 0 Å². The number of hydrogen-bond donors (Lipinski definition) is 2. The van der Waals surface area contributed by atoms with Crippen molar-refractivity contribution in [1.29, 1.82) is 0 Å². The van der Waals surface area contributed by atoms with E-state index in [-0.39, 0.29) is 42.2 Å². The molecule has 0 saturated carbocycles. The zero-order chi connectivity index (χ0) is 18.5. The van der Waals surface area contributed by atoms with E-state index >= 15 is 0 Å². The van der Waals surface area contributed by atoms with Crippen molar-refractivity contribution in [3.63, 3.8) is 0 Å². The minimum absolute atomic E-state index is 0.0691. The van der Waals surface area contributed by atoms with E-state index in [0.29, 0.717) is 19.6 Å². The van der Waals surface area contributed by atoms with E-state index in [0.717, 1.165) is 24.9 Å². The first kappa shape index (κ1) is 18.8. The van der Waals surface area contributed by atoms with E-state index in [2.05, 4.69) is 10.6 Å². The van der Waals surface area contributed by atoms with Crippen molar-refractivity contribution in [3.05, 3.63) is 35.6 Å². The van der Waals surface area contributed by atoms with Gasteiger partial charge in [0.15, 0.2) is 0 Å². The van der Waals surface area contributed by atoms with Gasteiger partial charge in [0.25, 0.3) is 0 Å². The zero-order valence-corrected chi connectivity index (χ0v) is 15.0. The van der Waals surface area contributed by atoms with Gasteiger partial charge in [-0.15, -0.1) is 0 Å². The second-order valence-corrected chi connectivity index (χ2v) is 7.05. The number of halogens is 1. The van der Waals surface area contributed by atoms with Gasteiger partial charge in [0.05, 0.1) is 25.1 Å². The first-order chi connectivity index (χ1) is 12.6. The highest BCUT2D eigenvalue weighted by Crippen LogP contribution is 2.21. The summed E-state index contributed by atoms with van der Waals surface area (Å²) in [6, 6.07) is 5.74. The molecule has 7 heteroatoms. The molecule has 142 valence electrons. The normalized spacial score (nSPS) is 25.5. The molecule has 1 aromatic carbocycles. The van der Waals surface area contributed by atoms with Crippen LogP contribution < -0.4 is 10.6 Å². The van der Waals surface area contributed by atoms with Crippen molar-refractivity contribution in [2.75, 3.05) is 26.8 Å². The summed E-state index contributed by atoms with van der Waals surface area (Å²) in [5.74, 6) is -0.334. The van der Waals surface area contributed by atoms with Gasteiger partial charge < -0.3 is 20.3 Å². The third-order valence-corrected chi connectivity index (χ3v) is 5.09. The van der Waals surface area contributed by atoms with Crippen LogP contribution in [0.5, 0.6) is 0 Å². The fourth-order valence-electron chi connectivity index (χ4n) is 3.79. The highest BCUT2D eigenvalue weighted by molar-refractivity contribution is 5.83. The molecule has 0 bridgehead atoms. The number of benzene rings is 1. The lowest BCUT2D eigenvalue weighted by atomic mass is 10.1. The van der Waals surface area contributed by atoms with E-state index < -0.39 is 0 Å². The minimum atomic E-state index is -0.316. The molecule has 2 aliphatic rings. The molecule has 3 atom stereocenters. The number of rotatable bonds is 6. The number of likely N-dealkylation sites (tertiary alicyclic amines) is 1. The van der Waals surface area contributed by atoms with Gasteiger partial charge in [0.1, 0.15) is 5.82 Å². The van der Waals surface area contributed by atoms with Crippen LogP contribution in [0.1, 0.15) is 24.8 Å². The van der Waals surface area contributed by atoms with Crippen LogP contribution in [-0.4, -0.2) is 61.6 Å². The topological polar surface area (TPSA) is 70.7 Å². The van der Waals surface area contributed by atoms with Crippen LogP contribution in [0.25, 0.3) is 0 Å². The predicted molar refractivity (Wildman–Crippen MR) is 95.1 cm³/mol. The number of hydrogen-bond acceptors (Lipinski definition) is 4. The fourth-order valence-corrected chi connectivity index (χ4v) is 3.79. The number of nitrogens with one attached hydrogen (secondary N) is 2. The summed E-state index contributed by atoms with van der Waals surface area (Å²) in [6.45, 7) is 1.91. The van der Waals surface area contributed by atoms with Gasteiger partial charge in [-0.3, -0.25) is 9.59 Å². The molecule has 2 N–H and O–H groups in total. The quantitative estimate of drug-likeness (QED) is 0.786. The predicted octanol–water partition coefficient (Wildman–Crippen LogP) is 0.852. The smallest absolute Gasteiger partial charge is 0.240 e. The van der Waals surface area contributed by atoms with E-state index in [1.54, 1.807) is 19.2 Å². The largest absolute Gasteiger partial charge is 0.383 e. The Morgan fingerprint density at radius 3 is 2.85 bits per heavy atom. The van der Waals surface area contributed by atoms with Crippen LogP contribution in [0, 0.1) is 5.82 Å². The summed E-state index contributed by atoms with van der Waals surface area (Å²) >= 11 is 0. The first-order valence-electron chi connectivity index (χ1n) is 9.13. The second kappa shape index (κ2) is 8.60. The monoisotopic (exact) mass is 363 g/mol. The molecular formula is C19H26FN3O3. The first-order valence-corrected chi connectivity index (χ1v) is 9.13. The molecule has 2 aliphatic heterocycles. The number of amides is 2. The Balaban J connectivity index is 1.48. The third-order valence-electron chi connectivity index (χ3n) is 5.09. The van der Waals surface area contributed by atoms with Crippen molar-refractivity contribution in [1.82, 2.24) is 15.5 Å². The number of carbonyl (C=O) groups is 2. The molecule has 0 aliphatic carbocycles. The van der Waals surface area contributed by atoms with Gasteiger partial charge >= 0.3 is 0 Å². The molecular weight excluding hydrogens is 337 g/mol. The summed E-state index contributed by atoms with van der Waals surface area (Å²) in [5.41, 5.74) is 0.766. The maximum absolute atomic E-state index is 12.9. The highest BCUT2D eigenvalue weighted by atomic mass is 19.1. The van der Waals surface area contributed by atoms with Gasteiger partial charge in [0, 0.05) is 26.2 Å². The van der Waals surface area contributed by atoms with Gasteiger partial charge in [-0.05, 0) is 37.0 Å². The third kappa shape index (κ3) is 4.59. The van der Waals surface area contributed by atoms with E-state index in [4.69, 9.17) is 4.74 Å². The summed E-state index contributed by atoms with van der Waals surface area (Å²) in [5, 5.41) is 6.19. The zero-order valence-electron chi connectivity index (χ0n) is 15.0. The van der Waals surface area contributed by atoms with Gasteiger partial charge in [0.2, 0.25) is 11.8 Å². The van der Waals surface area contributed by atoms with Crippen molar-refractivity contribution in [2.24, 2.45) is 0 Å². The van der Waals surface area contributed by atoms with Gasteiger partial charge in [-0.2, -0.15) is 0 Å². The lowest BCUT2D eigenvalue weighted by Gasteiger charge is -2.27. The average Bonchev–Trinajstić information content (AvgIpc) is 3.26. The van der Waals surface area contributed by atoms with Crippen molar-refractivity contribution in [2.45, 2.75) is 43.8 Å². The fraction of sp³-hybridized carbons (Fsp3) is 0.579. The Labute approximate surface area is 153 Å². The van der Waals surface area contributed by atoms with Crippen molar-refractivity contribution >= 4 is 11.8 Å². The Bertz CT molecular complexity index is 637. The van der Waals surface area contributed by atoms with E-state index in [9.17, 15) is 14.0 Å². The highest BCUT2D eigenvalue weighted by Gasteiger charge is 2.37. The number of nitrogens with zero attached hydrogens (tertiary/aromatic N) is 1. The number of methoxy groups -OCH3 is 1. The number of carbonyl (C=O) groups excluding carboxylic acids is 2. The second-order valence-electron chi connectivity index (χ2n) is 7.05. The Hall–Kier alpha value is -1.99. The van der Waals surface area contributed by atoms with Gasteiger partial charge in [-0.1, -0.05) is 12.1 Å². The lowest BCUT2D eigenvalue weighted by molar-refractivity contribution is -0.135. The molecule has 2 saturated heterocycles. The SMILES string of the molecule is COC[C@H]1CCCN1C(=O)[C@@H]1C[C@@H](NC(=O)Cc2ccc(F)cc2)CN1. The Morgan fingerprint density at radius 2 is 2.12 bits per heavy atom. The Kier molecular flexibility index (Phi) is 6.21. The summed E-state index contributed by atoms with van der Waals surface area (Å²) in [7, 11) is 1.65. The van der Waals surface area contributed by atoms with Crippen LogP contribution in [-0.2, 0) is 20.7 Å². The maximum Gasteiger partial charge on any atom is 0.240 e. The standard InChI is InChI=1S/C19H26FN3O3/c1-26-12-16-3-2-8-23(16)19(25)17-10-15(11-21-17)22-18(24)9-13-4-6-14(20)7-5-13/h4-7,15-17,21H,2-3,8-12H2,1H3,(H,22,24)/t15-,16-,17+/m1/s1. The Morgan fingerprint density at radius 1 is 1.35 bits per heavy atom. The molecule has 2 amide bonds. The molecule has 0 aromatic heterocycles. The van der Waals surface area contributed by atoms with E-state index in [1.165, 1.54) is 12.1 Å². The number of ether oxygens (including phenoxy) is 1. The van der Waals surface area contributed by atoms with Crippen molar-refractivity contribution in [3.8, 4) is 0 Å². The molecule has 0 unspecified atom stereocenters. The molecule has 1 aromatic rings. The van der Waals surface area contributed by atoms with Gasteiger partial charge in [-0.25, -0.2) is 4.39 Å². The van der Waals surface area contributed by atoms with Crippen molar-refractivity contribution < 1.29 is 18.7 Å².